The highest BCUT2D eigenvalue weighted by molar-refractivity contribution is 6.28. The fraction of sp³-hybridized carbons (Fsp3) is 0.200. The number of nitrogens with zero attached hydrogens (tertiary/aromatic N) is 3. The van der Waals surface area contributed by atoms with Crippen LogP contribution in [0.2, 0.25) is 5.28 Å². The maximum Gasteiger partial charge on any atom is 0.270 e. The van der Waals surface area contributed by atoms with Crippen molar-refractivity contribution in [1.29, 1.82) is 0 Å². The third kappa shape index (κ3) is 2.47. The van der Waals surface area contributed by atoms with E-state index in [1.807, 2.05) is 0 Å². The average Bonchev–Trinajstić information content (AvgIpc) is 2.35. The van der Waals surface area contributed by atoms with Gasteiger partial charge in [-0.05, 0) is 17.7 Å². The van der Waals surface area contributed by atoms with Crippen molar-refractivity contribution >= 4 is 34.0 Å². The summed E-state index contributed by atoms with van der Waals surface area (Å²) >= 11 is 5.75. The van der Waals surface area contributed by atoms with E-state index in [9.17, 15) is 10.1 Å². The number of nitrogens with one attached hydrogen (secondary N) is 1. The number of aliphatic hydroxyl groups excluding tert-OH is 1. The zero-order valence-electron chi connectivity index (χ0n) is 9.13. The molecule has 0 spiro atoms. The number of anilines is 1. The average molecular weight is 269 g/mol. The molecule has 2 N–H and O–H groups in total. The lowest BCUT2D eigenvalue weighted by molar-refractivity contribution is -0.384. The molecule has 7 nitrogen and oxygen atoms in total. The van der Waals surface area contributed by atoms with Crippen LogP contribution in [-0.2, 0) is 0 Å². The van der Waals surface area contributed by atoms with Crippen LogP contribution in [0.5, 0.6) is 0 Å². The monoisotopic (exact) mass is 268 g/mol. The van der Waals surface area contributed by atoms with E-state index >= 15 is 0 Å². The van der Waals surface area contributed by atoms with E-state index in [2.05, 4.69) is 15.3 Å². The molecule has 1 heterocycles. The number of aliphatic hydroxyl groups is 1. The van der Waals surface area contributed by atoms with Gasteiger partial charge in [0, 0.05) is 24.1 Å². The van der Waals surface area contributed by atoms with Gasteiger partial charge in [-0.15, -0.1) is 0 Å². The van der Waals surface area contributed by atoms with Gasteiger partial charge < -0.3 is 10.4 Å². The fourth-order valence-electron chi connectivity index (χ4n) is 1.51. The van der Waals surface area contributed by atoms with E-state index in [0.29, 0.717) is 16.7 Å². The first kappa shape index (κ1) is 12.5. The van der Waals surface area contributed by atoms with Crippen LogP contribution in [0, 0.1) is 10.1 Å². The van der Waals surface area contributed by atoms with Crippen molar-refractivity contribution in [2.75, 3.05) is 18.5 Å². The molecule has 0 radical (unpaired) electrons. The minimum atomic E-state index is -0.496. The number of hydrogen-bond donors (Lipinski definition) is 2. The molecule has 0 aliphatic rings. The Labute approximate surface area is 107 Å². The highest BCUT2D eigenvalue weighted by Gasteiger charge is 2.11. The third-order valence-corrected chi connectivity index (χ3v) is 2.44. The summed E-state index contributed by atoms with van der Waals surface area (Å²) in [6, 6.07) is 4.22. The van der Waals surface area contributed by atoms with Gasteiger partial charge in [-0.25, -0.2) is 9.97 Å². The van der Waals surface area contributed by atoms with Crippen LogP contribution >= 0.6 is 11.6 Å². The maximum absolute atomic E-state index is 10.7. The Morgan fingerprint density at radius 3 is 2.89 bits per heavy atom. The van der Waals surface area contributed by atoms with Crippen molar-refractivity contribution in [3.63, 3.8) is 0 Å². The number of nitro benzene ring substituents is 1. The van der Waals surface area contributed by atoms with Crippen LogP contribution in [-0.4, -0.2) is 33.1 Å². The molecule has 0 unspecified atom stereocenters. The quantitative estimate of drug-likeness (QED) is 0.496. The number of nitro groups is 1. The molecule has 0 aliphatic heterocycles. The van der Waals surface area contributed by atoms with Gasteiger partial charge in [0.2, 0.25) is 5.28 Å². The van der Waals surface area contributed by atoms with Crippen molar-refractivity contribution < 1.29 is 10.0 Å². The van der Waals surface area contributed by atoms with Gasteiger partial charge in [-0.1, -0.05) is 0 Å². The minimum Gasteiger partial charge on any atom is -0.395 e. The Hall–Kier alpha value is -1.99. The fourth-order valence-corrected chi connectivity index (χ4v) is 1.69. The summed E-state index contributed by atoms with van der Waals surface area (Å²) in [7, 11) is 0. The summed E-state index contributed by atoms with van der Waals surface area (Å²) in [6.07, 6.45) is 0. The highest BCUT2D eigenvalue weighted by Crippen LogP contribution is 2.26. The normalized spacial score (nSPS) is 10.6. The first-order chi connectivity index (χ1) is 8.61. The molecule has 0 atom stereocenters. The molecule has 0 amide bonds. The molecular weight excluding hydrogens is 260 g/mol. The van der Waals surface area contributed by atoms with E-state index in [-0.39, 0.29) is 24.1 Å². The number of hydrogen-bond acceptors (Lipinski definition) is 6. The van der Waals surface area contributed by atoms with Crippen molar-refractivity contribution in [3.8, 4) is 0 Å². The Kier molecular flexibility index (Phi) is 3.54. The topological polar surface area (TPSA) is 101 Å². The second-order valence-electron chi connectivity index (χ2n) is 3.45. The summed E-state index contributed by atoms with van der Waals surface area (Å²) < 4.78 is 0. The molecule has 1 aromatic heterocycles. The molecule has 0 aliphatic carbocycles. The second-order valence-corrected chi connectivity index (χ2v) is 3.79. The predicted molar refractivity (Wildman–Crippen MR) is 66.8 cm³/mol. The number of non-ortho nitro benzene ring substituents is 1. The Morgan fingerprint density at radius 1 is 1.44 bits per heavy atom. The summed E-state index contributed by atoms with van der Waals surface area (Å²) in [5, 5.41) is 22.8. The lowest BCUT2D eigenvalue weighted by Crippen LogP contribution is -2.08. The molecule has 0 saturated carbocycles. The number of halogens is 1. The molecule has 2 aromatic rings. The predicted octanol–water partition coefficient (Wildman–Crippen LogP) is 1.60. The first-order valence-corrected chi connectivity index (χ1v) is 5.46. The molecule has 0 fully saturated rings. The van der Waals surface area contributed by atoms with Gasteiger partial charge in [0.05, 0.1) is 17.0 Å². The van der Waals surface area contributed by atoms with Crippen LogP contribution in [0.25, 0.3) is 10.9 Å². The van der Waals surface area contributed by atoms with E-state index in [4.69, 9.17) is 16.7 Å². The van der Waals surface area contributed by atoms with Crippen LogP contribution in [0.1, 0.15) is 0 Å². The number of aromatic nitrogens is 2. The molecule has 1 aromatic carbocycles. The molecule has 0 bridgehead atoms. The number of benzene rings is 1. The number of rotatable bonds is 4. The van der Waals surface area contributed by atoms with Gasteiger partial charge in [0.15, 0.2) is 0 Å². The van der Waals surface area contributed by atoms with Crippen molar-refractivity contribution in [2.45, 2.75) is 0 Å². The third-order valence-electron chi connectivity index (χ3n) is 2.27. The van der Waals surface area contributed by atoms with Crippen molar-refractivity contribution in [3.05, 3.63) is 33.6 Å². The maximum atomic E-state index is 10.7. The van der Waals surface area contributed by atoms with Gasteiger partial charge in [-0.3, -0.25) is 10.1 Å². The van der Waals surface area contributed by atoms with E-state index in [1.54, 1.807) is 0 Å². The van der Waals surface area contributed by atoms with Crippen LogP contribution in [0.4, 0.5) is 11.5 Å². The van der Waals surface area contributed by atoms with E-state index < -0.39 is 4.92 Å². The lowest BCUT2D eigenvalue weighted by atomic mass is 10.2. The lowest BCUT2D eigenvalue weighted by Gasteiger charge is -2.07. The summed E-state index contributed by atoms with van der Waals surface area (Å²) in [5.74, 6) is 0.364. The van der Waals surface area contributed by atoms with E-state index in [0.717, 1.165) is 0 Å². The van der Waals surface area contributed by atoms with Crippen LogP contribution < -0.4 is 5.32 Å². The smallest absolute Gasteiger partial charge is 0.270 e. The zero-order valence-corrected chi connectivity index (χ0v) is 9.89. The Balaban J connectivity index is 2.58. The van der Waals surface area contributed by atoms with Crippen molar-refractivity contribution in [1.82, 2.24) is 9.97 Å². The Morgan fingerprint density at radius 2 is 2.22 bits per heavy atom. The van der Waals surface area contributed by atoms with Gasteiger partial charge in [0.25, 0.3) is 5.69 Å². The van der Waals surface area contributed by atoms with Gasteiger partial charge in [0.1, 0.15) is 5.82 Å². The van der Waals surface area contributed by atoms with Crippen LogP contribution in [0.3, 0.4) is 0 Å². The summed E-state index contributed by atoms with van der Waals surface area (Å²) in [4.78, 5) is 18.1. The van der Waals surface area contributed by atoms with E-state index in [1.165, 1.54) is 18.2 Å². The standard InChI is InChI=1S/C10H9ClN4O3/c11-10-13-8-2-1-6(15(17)18)5-7(8)9(14-10)12-3-4-16/h1-2,5,16H,3-4H2,(H,12,13,14). The minimum absolute atomic E-state index is 0.0387. The summed E-state index contributed by atoms with van der Waals surface area (Å²) in [6.45, 7) is 0.184. The van der Waals surface area contributed by atoms with Gasteiger partial charge in [-0.2, -0.15) is 0 Å². The Bertz CT molecular complexity index is 605. The van der Waals surface area contributed by atoms with Crippen LogP contribution in [0.15, 0.2) is 18.2 Å². The molecule has 94 valence electrons. The number of fused-ring (bicyclic) bond motifs is 1. The molecule has 8 heteroatoms. The van der Waals surface area contributed by atoms with Gasteiger partial charge >= 0.3 is 0 Å². The molecular formula is C10H9ClN4O3. The molecule has 0 saturated heterocycles. The molecule has 18 heavy (non-hydrogen) atoms. The second kappa shape index (κ2) is 5.11. The zero-order chi connectivity index (χ0) is 13.1. The SMILES string of the molecule is O=[N+]([O-])c1ccc2nc(Cl)nc(NCCO)c2c1. The summed E-state index contributed by atoms with van der Waals surface area (Å²) in [5.41, 5.74) is 0.446. The largest absolute Gasteiger partial charge is 0.395 e. The van der Waals surface area contributed by atoms with Crippen molar-refractivity contribution in [2.24, 2.45) is 0 Å². The highest BCUT2D eigenvalue weighted by atomic mass is 35.5. The first-order valence-electron chi connectivity index (χ1n) is 5.08. The molecule has 2 rings (SSSR count).